The van der Waals surface area contributed by atoms with E-state index in [9.17, 15) is 10.1 Å². The molecule has 5 nitrogen and oxygen atoms in total. The van der Waals surface area contributed by atoms with Gasteiger partial charge in [-0.3, -0.25) is 15.1 Å². The molecule has 2 aromatic carbocycles. The van der Waals surface area contributed by atoms with Gasteiger partial charge in [-0.25, -0.2) is 0 Å². The van der Waals surface area contributed by atoms with Gasteiger partial charge in [-0.1, -0.05) is 13.0 Å². The van der Waals surface area contributed by atoms with E-state index in [0.717, 1.165) is 28.7 Å². The predicted octanol–water partition coefficient (Wildman–Crippen LogP) is 4.45. The van der Waals surface area contributed by atoms with E-state index in [4.69, 9.17) is 0 Å². The molecule has 0 amide bonds. The lowest BCUT2D eigenvalue weighted by Crippen LogP contribution is -1.94. The lowest BCUT2D eigenvalue weighted by Gasteiger charge is -2.10. The van der Waals surface area contributed by atoms with Crippen LogP contribution in [0.15, 0.2) is 54.7 Å². The van der Waals surface area contributed by atoms with Crippen LogP contribution in [0.4, 0.5) is 17.1 Å². The van der Waals surface area contributed by atoms with Gasteiger partial charge >= 0.3 is 0 Å². The minimum absolute atomic E-state index is 0.0819. The Bertz CT molecular complexity index is 829. The van der Waals surface area contributed by atoms with E-state index in [1.165, 1.54) is 17.7 Å². The number of aromatic nitrogens is 1. The largest absolute Gasteiger partial charge is 0.355 e. The highest BCUT2D eigenvalue weighted by molar-refractivity contribution is 5.93. The van der Waals surface area contributed by atoms with Crippen molar-refractivity contribution in [3.8, 4) is 0 Å². The van der Waals surface area contributed by atoms with E-state index in [0.29, 0.717) is 0 Å². The highest BCUT2D eigenvalue weighted by Gasteiger charge is 2.06. The van der Waals surface area contributed by atoms with Crippen molar-refractivity contribution < 1.29 is 4.92 Å². The van der Waals surface area contributed by atoms with Gasteiger partial charge in [0.25, 0.3) is 5.69 Å². The fourth-order valence-electron chi connectivity index (χ4n) is 2.34. The van der Waals surface area contributed by atoms with Crippen molar-refractivity contribution in [2.75, 3.05) is 5.32 Å². The van der Waals surface area contributed by atoms with Gasteiger partial charge in [-0.2, -0.15) is 0 Å². The Morgan fingerprint density at radius 3 is 2.59 bits per heavy atom. The second-order valence-corrected chi connectivity index (χ2v) is 4.99. The van der Waals surface area contributed by atoms with Gasteiger partial charge in [-0.15, -0.1) is 0 Å². The normalized spacial score (nSPS) is 10.6. The summed E-state index contributed by atoms with van der Waals surface area (Å²) >= 11 is 0. The van der Waals surface area contributed by atoms with E-state index in [1.807, 2.05) is 12.1 Å². The third-order valence-electron chi connectivity index (χ3n) is 3.57. The van der Waals surface area contributed by atoms with E-state index < -0.39 is 4.92 Å². The van der Waals surface area contributed by atoms with Gasteiger partial charge in [0, 0.05) is 35.1 Å². The maximum absolute atomic E-state index is 10.7. The number of nitro groups is 1. The second-order valence-electron chi connectivity index (χ2n) is 4.99. The number of benzene rings is 2. The summed E-state index contributed by atoms with van der Waals surface area (Å²) in [7, 11) is 0. The number of nitrogens with one attached hydrogen (secondary N) is 1. The molecule has 0 saturated carbocycles. The standard InChI is InChI=1S/C17H15N3O2/c1-2-12-3-8-16-15(11-12)17(9-10-18-16)19-13-4-6-14(7-5-13)20(21)22/h3-11H,2H2,1H3,(H,18,19). The summed E-state index contributed by atoms with van der Waals surface area (Å²) in [4.78, 5) is 14.7. The molecule has 5 heteroatoms. The van der Waals surface area contributed by atoms with E-state index in [1.54, 1.807) is 18.3 Å². The first-order chi connectivity index (χ1) is 10.7. The van der Waals surface area contributed by atoms with Crippen LogP contribution in [-0.4, -0.2) is 9.91 Å². The van der Waals surface area contributed by atoms with Crippen LogP contribution in [0.25, 0.3) is 10.9 Å². The summed E-state index contributed by atoms with van der Waals surface area (Å²) < 4.78 is 0. The van der Waals surface area contributed by atoms with Crippen LogP contribution in [0.3, 0.4) is 0 Å². The molecule has 0 fully saturated rings. The smallest absolute Gasteiger partial charge is 0.269 e. The average molecular weight is 293 g/mol. The van der Waals surface area contributed by atoms with Crippen molar-refractivity contribution in [1.29, 1.82) is 0 Å². The van der Waals surface area contributed by atoms with Crippen LogP contribution in [-0.2, 0) is 6.42 Å². The number of fused-ring (bicyclic) bond motifs is 1. The maximum Gasteiger partial charge on any atom is 0.269 e. The molecule has 0 radical (unpaired) electrons. The Balaban J connectivity index is 1.97. The highest BCUT2D eigenvalue weighted by Crippen LogP contribution is 2.27. The molecule has 3 aromatic rings. The molecule has 0 aliphatic heterocycles. The number of hydrogen-bond donors (Lipinski definition) is 1. The number of nitrogens with zero attached hydrogens (tertiary/aromatic N) is 2. The molecule has 3 rings (SSSR count). The van der Waals surface area contributed by atoms with Crippen molar-refractivity contribution in [1.82, 2.24) is 4.98 Å². The van der Waals surface area contributed by atoms with Gasteiger partial charge in [0.1, 0.15) is 0 Å². The van der Waals surface area contributed by atoms with Gasteiger partial charge in [0.15, 0.2) is 0 Å². The van der Waals surface area contributed by atoms with Crippen molar-refractivity contribution in [2.24, 2.45) is 0 Å². The summed E-state index contributed by atoms with van der Waals surface area (Å²) in [5, 5.41) is 15.0. The van der Waals surface area contributed by atoms with Crippen LogP contribution in [0.5, 0.6) is 0 Å². The summed E-state index contributed by atoms with van der Waals surface area (Å²) in [6, 6.07) is 14.5. The molecule has 0 atom stereocenters. The second kappa shape index (κ2) is 5.81. The lowest BCUT2D eigenvalue weighted by atomic mass is 10.1. The highest BCUT2D eigenvalue weighted by atomic mass is 16.6. The van der Waals surface area contributed by atoms with Gasteiger partial charge in [0.2, 0.25) is 0 Å². The molecule has 1 N–H and O–H groups in total. The minimum Gasteiger partial charge on any atom is -0.355 e. The summed E-state index contributed by atoms with van der Waals surface area (Å²) in [5.41, 5.74) is 3.99. The molecule has 22 heavy (non-hydrogen) atoms. The van der Waals surface area contributed by atoms with Crippen molar-refractivity contribution >= 4 is 28.0 Å². The first-order valence-electron chi connectivity index (χ1n) is 7.06. The quantitative estimate of drug-likeness (QED) is 0.570. The van der Waals surface area contributed by atoms with Crippen LogP contribution in [0.1, 0.15) is 12.5 Å². The van der Waals surface area contributed by atoms with Crippen LogP contribution < -0.4 is 5.32 Å². The molecular formula is C17H15N3O2. The molecule has 0 aliphatic rings. The summed E-state index contributed by atoms with van der Waals surface area (Å²) in [6.45, 7) is 2.11. The molecule has 0 unspecified atom stereocenters. The Labute approximate surface area is 127 Å². The van der Waals surface area contributed by atoms with E-state index in [2.05, 4.69) is 29.4 Å². The van der Waals surface area contributed by atoms with Crippen LogP contribution >= 0.6 is 0 Å². The van der Waals surface area contributed by atoms with Crippen molar-refractivity contribution in [3.63, 3.8) is 0 Å². The molecule has 0 aliphatic carbocycles. The number of aryl methyl sites for hydroxylation is 1. The molecule has 1 heterocycles. The van der Waals surface area contributed by atoms with Gasteiger partial charge < -0.3 is 5.32 Å². The average Bonchev–Trinajstić information content (AvgIpc) is 2.55. The van der Waals surface area contributed by atoms with Crippen LogP contribution in [0, 0.1) is 10.1 Å². The zero-order valence-corrected chi connectivity index (χ0v) is 12.1. The molecule has 0 spiro atoms. The topological polar surface area (TPSA) is 68.1 Å². The fraction of sp³-hybridized carbons (Fsp3) is 0.118. The monoisotopic (exact) mass is 293 g/mol. The zero-order chi connectivity index (χ0) is 15.5. The minimum atomic E-state index is -0.404. The summed E-state index contributed by atoms with van der Waals surface area (Å²) in [6.07, 6.45) is 2.71. The van der Waals surface area contributed by atoms with E-state index >= 15 is 0 Å². The zero-order valence-electron chi connectivity index (χ0n) is 12.1. The number of pyridine rings is 1. The van der Waals surface area contributed by atoms with Crippen molar-refractivity contribution in [3.05, 3.63) is 70.4 Å². The van der Waals surface area contributed by atoms with Crippen molar-refractivity contribution in [2.45, 2.75) is 13.3 Å². The molecular weight excluding hydrogens is 278 g/mol. The molecule has 110 valence electrons. The predicted molar refractivity (Wildman–Crippen MR) is 87.5 cm³/mol. The lowest BCUT2D eigenvalue weighted by molar-refractivity contribution is -0.384. The first-order valence-corrected chi connectivity index (χ1v) is 7.06. The number of anilines is 2. The van der Waals surface area contributed by atoms with E-state index in [-0.39, 0.29) is 5.69 Å². The third kappa shape index (κ3) is 2.74. The Morgan fingerprint density at radius 2 is 1.91 bits per heavy atom. The number of hydrogen-bond acceptors (Lipinski definition) is 4. The van der Waals surface area contributed by atoms with Crippen LogP contribution in [0.2, 0.25) is 0 Å². The molecule has 0 saturated heterocycles. The fourth-order valence-corrected chi connectivity index (χ4v) is 2.34. The Hall–Kier alpha value is -2.95. The first kappa shape index (κ1) is 14.0. The Kier molecular flexibility index (Phi) is 3.70. The third-order valence-corrected chi connectivity index (χ3v) is 3.57. The number of rotatable bonds is 4. The number of nitro benzene ring substituents is 1. The van der Waals surface area contributed by atoms with Gasteiger partial charge in [-0.05, 0) is 42.3 Å². The number of non-ortho nitro benzene ring substituents is 1. The molecule has 1 aromatic heterocycles. The Morgan fingerprint density at radius 1 is 1.14 bits per heavy atom. The maximum atomic E-state index is 10.7. The summed E-state index contributed by atoms with van der Waals surface area (Å²) in [5.74, 6) is 0. The molecule has 0 bridgehead atoms. The van der Waals surface area contributed by atoms with Gasteiger partial charge in [0.05, 0.1) is 10.4 Å². The SMILES string of the molecule is CCc1ccc2nccc(Nc3ccc([N+](=O)[O-])cc3)c2c1.